The first-order chi connectivity index (χ1) is 8.11. The zero-order chi connectivity index (χ0) is 12.8. The van der Waals surface area contributed by atoms with E-state index in [9.17, 15) is 4.79 Å². The fraction of sp³-hybridized carbons (Fsp3) is 0.538. The van der Waals surface area contributed by atoms with Crippen LogP contribution < -0.4 is 10.6 Å². The second-order valence-electron chi connectivity index (χ2n) is 4.37. The van der Waals surface area contributed by atoms with E-state index in [0.717, 1.165) is 5.69 Å². The Bertz CT molecular complexity index is 351. The Kier molecular flexibility index (Phi) is 5.10. The molecule has 0 aliphatic rings. The van der Waals surface area contributed by atoms with Crippen molar-refractivity contribution in [2.24, 2.45) is 17.6 Å². The summed E-state index contributed by atoms with van der Waals surface area (Å²) in [5, 5.41) is 0. The molecule has 0 bridgehead atoms. The second kappa shape index (κ2) is 6.35. The van der Waals surface area contributed by atoms with Crippen LogP contribution in [-0.4, -0.2) is 24.0 Å². The van der Waals surface area contributed by atoms with Crippen molar-refractivity contribution < 1.29 is 4.79 Å². The Morgan fingerprint density at radius 2 is 2.00 bits per heavy atom. The minimum atomic E-state index is -0.122. The van der Waals surface area contributed by atoms with Crippen LogP contribution >= 0.6 is 0 Å². The van der Waals surface area contributed by atoms with Gasteiger partial charge in [-0.15, -0.1) is 0 Å². The zero-order valence-electron chi connectivity index (χ0n) is 10.8. The van der Waals surface area contributed by atoms with Gasteiger partial charge in [-0.1, -0.05) is 13.8 Å². The summed E-state index contributed by atoms with van der Waals surface area (Å²) < 4.78 is 0. The van der Waals surface area contributed by atoms with E-state index in [1.165, 1.54) is 0 Å². The van der Waals surface area contributed by atoms with Gasteiger partial charge in [0.15, 0.2) is 0 Å². The number of carbonyl (C=O) groups is 1. The molecule has 1 aromatic rings. The molecule has 1 atom stereocenters. The molecular weight excluding hydrogens is 214 g/mol. The average Bonchev–Trinajstić information content (AvgIpc) is 2.31. The highest BCUT2D eigenvalue weighted by molar-refractivity contribution is 5.95. The van der Waals surface area contributed by atoms with Crippen LogP contribution in [0.1, 0.15) is 20.8 Å². The average molecular weight is 235 g/mol. The lowest BCUT2D eigenvalue weighted by atomic mass is 9.94. The number of aromatic nitrogens is 1. The number of nitrogens with zero attached hydrogens (tertiary/aromatic N) is 2. The molecule has 0 aromatic carbocycles. The molecule has 17 heavy (non-hydrogen) atoms. The molecule has 0 saturated heterocycles. The van der Waals surface area contributed by atoms with Gasteiger partial charge in [-0.2, -0.15) is 0 Å². The van der Waals surface area contributed by atoms with Crippen molar-refractivity contribution in [1.82, 2.24) is 4.98 Å². The number of pyridine rings is 1. The molecule has 0 spiro atoms. The van der Waals surface area contributed by atoms with Crippen molar-refractivity contribution in [3.05, 3.63) is 24.5 Å². The summed E-state index contributed by atoms with van der Waals surface area (Å²) in [6.45, 7) is 7.04. The van der Waals surface area contributed by atoms with Gasteiger partial charge in [-0.05, 0) is 25.0 Å². The maximum Gasteiger partial charge on any atom is 0.231 e. The summed E-state index contributed by atoms with van der Waals surface area (Å²) in [7, 11) is 0. The molecule has 0 aliphatic heterocycles. The van der Waals surface area contributed by atoms with E-state index >= 15 is 0 Å². The van der Waals surface area contributed by atoms with Crippen molar-refractivity contribution in [3.8, 4) is 0 Å². The lowest BCUT2D eigenvalue weighted by Crippen LogP contribution is -2.41. The number of rotatable bonds is 5. The van der Waals surface area contributed by atoms with Gasteiger partial charge in [0, 0.05) is 31.2 Å². The second-order valence-corrected chi connectivity index (χ2v) is 4.37. The standard InChI is InChI=1S/C13H21N3O/c1-4-16(11-5-7-15-8-6-11)13(17)12(9-14)10(2)3/h5-8,10,12H,4,9,14H2,1-3H3. The van der Waals surface area contributed by atoms with Gasteiger partial charge in [0.2, 0.25) is 5.91 Å². The number of hydrogen-bond donors (Lipinski definition) is 1. The van der Waals surface area contributed by atoms with Crippen LogP contribution in [0.2, 0.25) is 0 Å². The molecule has 2 N–H and O–H groups in total. The van der Waals surface area contributed by atoms with Crippen molar-refractivity contribution in [3.63, 3.8) is 0 Å². The molecule has 1 aromatic heterocycles. The van der Waals surface area contributed by atoms with Gasteiger partial charge in [0.25, 0.3) is 0 Å². The third-order valence-corrected chi connectivity index (χ3v) is 2.93. The minimum absolute atomic E-state index is 0.0937. The van der Waals surface area contributed by atoms with Gasteiger partial charge in [-0.3, -0.25) is 9.78 Å². The van der Waals surface area contributed by atoms with Gasteiger partial charge in [0.05, 0.1) is 5.92 Å². The van der Waals surface area contributed by atoms with E-state index in [1.54, 1.807) is 17.3 Å². The summed E-state index contributed by atoms with van der Waals surface area (Å²) in [5.41, 5.74) is 6.57. The Morgan fingerprint density at radius 1 is 1.41 bits per heavy atom. The van der Waals surface area contributed by atoms with Crippen molar-refractivity contribution in [2.45, 2.75) is 20.8 Å². The quantitative estimate of drug-likeness (QED) is 0.844. The zero-order valence-corrected chi connectivity index (χ0v) is 10.8. The molecule has 0 aliphatic carbocycles. The third kappa shape index (κ3) is 3.27. The summed E-state index contributed by atoms with van der Waals surface area (Å²) in [4.78, 5) is 18.1. The van der Waals surface area contributed by atoms with E-state index in [-0.39, 0.29) is 17.7 Å². The third-order valence-electron chi connectivity index (χ3n) is 2.93. The molecule has 1 heterocycles. The van der Waals surface area contributed by atoms with Crippen molar-refractivity contribution in [1.29, 1.82) is 0 Å². The number of anilines is 1. The first-order valence-electron chi connectivity index (χ1n) is 6.03. The Labute approximate surface area is 103 Å². The fourth-order valence-corrected chi connectivity index (χ4v) is 1.85. The number of hydrogen-bond acceptors (Lipinski definition) is 3. The molecule has 1 amide bonds. The van der Waals surface area contributed by atoms with Crippen molar-refractivity contribution in [2.75, 3.05) is 18.0 Å². The lowest BCUT2D eigenvalue weighted by molar-refractivity contribution is -0.123. The first kappa shape index (κ1) is 13.6. The van der Waals surface area contributed by atoms with Crippen LogP contribution in [0.15, 0.2) is 24.5 Å². The molecule has 4 heteroatoms. The number of nitrogens with two attached hydrogens (primary N) is 1. The molecule has 4 nitrogen and oxygen atoms in total. The molecular formula is C13H21N3O. The van der Waals surface area contributed by atoms with Crippen LogP contribution in [-0.2, 0) is 4.79 Å². The largest absolute Gasteiger partial charge is 0.330 e. The van der Waals surface area contributed by atoms with Crippen LogP contribution in [0.3, 0.4) is 0 Å². The van der Waals surface area contributed by atoms with Crippen LogP contribution in [0.4, 0.5) is 5.69 Å². The summed E-state index contributed by atoms with van der Waals surface area (Å²) in [6, 6.07) is 3.69. The lowest BCUT2D eigenvalue weighted by Gasteiger charge is -2.27. The van der Waals surface area contributed by atoms with E-state index in [0.29, 0.717) is 13.1 Å². The van der Waals surface area contributed by atoms with Gasteiger partial charge < -0.3 is 10.6 Å². The van der Waals surface area contributed by atoms with Crippen molar-refractivity contribution >= 4 is 11.6 Å². The first-order valence-corrected chi connectivity index (χ1v) is 6.03. The predicted octanol–water partition coefficient (Wildman–Crippen LogP) is 1.67. The summed E-state index contributed by atoms with van der Waals surface area (Å²) in [5.74, 6) is 0.225. The molecule has 94 valence electrons. The topological polar surface area (TPSA) is 59.2 Å². The Hall–Kier alpha value is -1.42. The van der Waals surface area contributed by atoms with Gasteiger partial charge in [0.1, 0.15) is 0 Å². The predicted molar refractivity (Wildman–Crippen MR) is 69.6 cm³/mol. The summed E-state index contributed by atoms with van der Waals surface area (Å²) in [6.07, 6.45) is 3.39. The maximum absolute atomic E-state index is 12.4. The monoisotopic (exact) mass is 235 g/mol. The molecule has 0 saturated carbocycles. The highest BCUT2D eigenvalue weighted by atomic mass is 16.2. The SMILES string of the molecule is CCN(C(=O)C(CN)C(C)C)c1ccncc1. The summed E-state index contributed by atoms with van der Waals surface area (Å²) >= 11 is 0. The minimum Gasteiger partial charge on any atom is -0.330 e. The molecule has 0 fully saturated rings. The number of amides is 1. The molecule has 1 rings (SSSR count). The van der Waals surface area contributed by atoms with E-state index in [4.69, 9.17) is 5.73 Å². The van der Waals surface area contributed by atoms with E-state index < -0.39 is 0 Å². The highest BCUT2D eigenvalue weighted by Crippen LogP contribution is 2.19. The van der Waals surface area contributed by atoms with E-state index in [1.807, 2.05) is 32.9 Å². The van der Waals surface area contributed by atoms with Crippen LogP contribution in [0, 0.1) is 11.8 Å². The van der Waals surface area contributed by atoms with Crippen LogP contribution in [0.25, 0.3) is 0 Å². The maximum atomic E-state index is 12.4. The van der Waals surface area contributed by atoms with Gasteiger partial charge >= 0.3 is 0 Å². The highest BCUT2D eigenvalue weighted by Gasteiger charge is 2.25. The molecule has 1 unspecified atom stereocenters. The van der Waals surface area contributed by atoms with Gasteiger partial charge in [-0.25, -0.2) is 0 Å². The fourth-order valence-electron chi connectivity index (χ4n) is 1.85. The number of carbonyl (C=O) groups excluding carboxylic acids is 1. The van der Waals surface area contributed by atoms with Crippen LogP contribution in [0.5, 0.6) is 0 Å². The Balaban J connectivity index is 2.91. The van der Waals surface area contributed by atoms with E-state index in [2.05, 4.69) is 4.98 Å². The smallest absolute Gasteiger partial charge is 0.231 e. The molecule has 0 radical (unpaired) electrons. The Morgan fingerprint density at radius 3 is 2.41 bits per heavy atom. The normalized spacial score (nSPS) is 12.5.